The van der Waals surface area contributed by atoms with E-state index in [0.29, 0.717) is 33.8 Å². The molecule has 0 bridgehead atoms. The number of benzene rings is 1. The first-order valence-electron chi connectivity index (χ1n) is 8.88. The monoisotopic (exact) mass is 380 g/mol. The Hall–Kier alpha value is -4.24. The highest BCUT2D eigenvalue weighted by atomic mass is 16.5. The fraction of sp³-hybridized carbons (Fsp3) is 0.0435. The summed E-state index contributed by atoms with van der Waals surface area (Å²) in [6.07, 6.45) is 6.47. The van der Waals surface area contributed by atoms with E-state index < -0.39 is 0 Å². The molecule has 4 aromatic rings. The molecule has 6 heteroatoms. The minimum Gasteiger partial charge on any atom is -0.497 e. The second-order valence-corrected chi connectivity index (χ2v) is 6.27. The van der Waals surface area contributed by atoms with Crippen molar-refractivity contribution in [1.29, 1.82) is 5.26 Å². The van der Waals surface area contributed by atoms with Crippen molar-refractivity contribution in [3.05, 3.63) is 94.7 Å². The maximum atomic E-state index is 13.3. The predicted molar refractivity (Wildman–Crippen MR) is 112 cm³/mol. The van der Waals surface area contributed by atoms with Crippen molar-refractivity contribution in [2.45, 2.75) is 0 Å². The summed E-state index contributed by atoms with van der Waals surface area (Å²) in [4.78, 5) is 21.8. The molecular weight excluding hydrogens is 364 g/mol. The summed E-state index contributed by atoms with van der Waals surface area (Å²) < 4.78 is 6.75. The SMILES string of the molecule is COc1ccc(-n2c(=O)c(C=C(C#N)c3cccnc3)cc3cccnc32)cc1. The summed E-state index contributed by atoms with van der Waals surface area (Å²) in [5.74, 6) is 0.693. The Morgan fingerprint density at radius 3 is 2.62 bits per heavy atom. The third-order valence-electron chi connectivity index (χ3n) is 4.51. The third kappa shape index (κ3) is 3.49. The molecule has 0 N–H and O–H groups in total. The number of pyridine rings is 3. The number of nitriles is 1. The summed E-state index contributed by atoms with van der Waals surface area (Å²) in [5.41, 5.74) is 2.34. The molecule has 0 spiro atoms. The lowest BCUT2D eigenvalue weighted by Gasteiger charge is -2.12. The quantitative estimate of drug-likeness (QED) is 0.502. The van der Waals surface area contributed by atoms with E-state index in [1.165, 1.54) is 0 Å². The molecule has 29 heavy (non-hydrogen) atoms. The zero-order valence-electron chi connectivity index (χ0n) is 15.6. The lowest BCUT2D eigenvalue weighted by Crippen LogP contribution is -2.21. The highest BCUT2D eigenvalue weighted by molar-refractivity contribution is 5.91. The molecule has 0 radical (unpaired) electrons. The Kier molecular flexibility index (Phi) is 4.87. The van der Waals surface area contributed by atoms with E-state index in [2.05, 4.69) is 16.0 Å². The van der Waals surface area contributed by atoms with E-state index in [9.17, 15) is 10.1 Å². The Morgan fingerprint density at radius 1 is 1.14 bits per heavy atom. The van der Waals surface area contributed by atoms with Crippen LogP contribution in [-0.2, 0) is 0 Å². The molecule has 0 aliphatic rings. The fourth-order valence-corrected chi connectivity index (χ4v) is 3.10. The van der Waals surface area contributed by atoms with Crippen molar-refractivity contribution in [2.75, 3.05) is 7.11 Å². The number of nitrogens with zero attached hydrogens (tertiary/aromatic N) is 4. The molecule has 0 atom stereocenters. The van der Waals surface area contributed by atoms with Crippen LogP contribution in [0.2, 0.25) is 0 Å². The summed E-state index contributed by atoms with van der Waals surface area (Å²) in [6.45, 7) is 0. The van der Waals surface area contributed by atoms with Gasteiger partial charge in [-0.25, -0.2) is 4.98 Å². The van der Waals surface area contributed by atoms with E-state index >= 15 is 0 Å². The molecule has 0 amide bonds. The molecule has 1 aromatic carbocycles. The van der Waals surface area contributed by atoms with E-state index in [0.717, 1.165) is 5.39 Å². The third-order valence-corrected chi connectivity index (χ3v) is 4.51. The van der Waals surface area contributed by atoms with Gasteiger partial charge in [0, 0.05) is 35.1 Å². The second kappa shape index (κ2) is 7.79. The molecule has 0 unspecified atom stereocenters. The smallest absolute Gasteiger partial charge is 0.264 e. The molecule has 140 valence electrons. The Balaban J connectivity index is 1.97. The molecule has 0 saturated heterocycles. The van der Waals surface area contributed by atoms with Crippen LogP contribution in [0.5, 0.6) is 5.75 Å². The predicted octanol–water partition coefficient (Wildman–Crippen LogP) is 3.85. The van der Waals surface area contributed by atoms with Crippen molar-refractivity contribution in [2.24, 2.45) is 0 Å². The molecule has 6 nitrogen and oxygen atoms in total. The van der Waals surface area contributed by atoms with Gasteiger partial charge in [-0.15, -0.1) is 0 Å². The van der Waals surface area contributed by atoms with Gasteiger partial charge in [0.25, 0.3) is 5.56 Å². The van der Waals surface area contributed by atoms with Crippen molar-refractivity contribution in [3.63, 3.8) is 0 Å². The molecule has 0 saturated carbocycles. The van der Waals surface area contributed by atoms with Crippen LogP contribution >= 0.6 is 0 Å². The van der Waals surface area contributed by atoms with Crippen molar-refractivity contribution >= 4 is 22.7 Å². The topological polar surface area (TPSA) is 80.8 Å². The number of methoxy groups -OCH3 is 1. The number of rotatable bonds is 4. The van der Waals surface area contributed by atoms with E-state index in [-0.39, 0.29) is 5.56 Å². The first-order valence-corrected chi connectivity index (χ1v) is 8.88. The van der Waals surface area contributed by atoms with Crippen LogP contribution in [-0.4, -0.2) is 21.6 Å². The van der Waals surface area contributed by atoms with Gasteiger partial charge in [0.1, 0.15) is 11.4 Å². The van der Waals surface area contributed by atoms with Crippen molar-refractivity contribution < 1.29 is 4.74 Å². The van der Waals surface area contributed by atoms with Gasteiger partial charge in [0.15, 0.2) is 0 Å². The number of allylic oxidation sites excluding steroid dienone is 1. The van der Waals surface area contributed by atoms with Crippen molar-refractivity contribution in [1.82, 2.24) is 14.5 Å². The average molecular weight is 380 g/mol. The van der Waals surface area contributed by atoms with Gasteiger partial charge >= 0.3 is 0 Å². The van der Waals surface area contributed by atoms with E-state index in [1.807, 2.05) is 12.1 Å². The number of fused-ring (bicyclic) bond motifs is 1. The molecule has 0 aliphatic heterocycles. The van der Waals surface area contributed by atoms with Gasteiger partial charge in [0.05, 0.1) is 24.4 Å². The normalized spacial score (nSPS) is 11.2. The van der Waals surface area contributed by atoms with Gasteiger partial charge in [-0.1, -0.05) is 6.07 Å². The highest BCUT2D eigenvalue weighted by Crippen LogP contribution is 2.21. The summed E-state index contributed by atoms with van der Waals surface area (Å²) in [5, 5.41) is 10.4. The minimum absolute atomic E-state index is 0.266. The Morgan fingerprint density at radius 2 is 1.93 bits per heavy atom. The van der Waals surface area contributed by atoms with Crippen LogP contribution in [0, 0.1) is 11.3 Å². The summed E-state index contributed by atoms with van der Waals surface area (Å²) in [7, 11) is 1.59. The molecule has 3 aromatic heterocycles. The average Bonchev–Trinajstić information content (AvgIpc) is 2.78. The van der Waals surface area contributed by atoms with E-state index in [4.69, 9.17) is 4.74 Å². The van der Waals surface area contributed by atoms with Crippen molar-refractivity contribution in [3.8, 4) is 17.5 Å². The molecular formula is C23H16N4O2. The van der Waals surface area contributed by atoms with Crippen LogP contribution in [0.15, 0.2) is 78.0 Å². The molecule has 0 aliphatic carbocycles. The van der Waals surface area contributed by atoms with E-state index in [1.54, 1.807) is 78.8 Å². The van der Waals surface area contributed by atoms with Gasteiger partial charge in [-0.3, -0.25) is 14.3 Å². The molecule has 0 fully saturated rings. The highest BCUT2D eigenvalue weighted by Gasteiger charge is 2.12. The van der Waals surface area contributed by atoms with Crippen LogP contribution in [0.3, 0.4) is 0 Å². The minimum atomic E-state index is -0.266. The number of ether oxygens (including phenoxy) is 1. The largest absolute Gasteiger partial charge is 0.497 e. The lowest BCUT2D eigenvalue weighted by atomic mass is 10.1. The maximum absolute atomic E-state index is 13.3. The first kappa shape index (κ1) is 18.1. The Bertz CT molecular complexity index is 1300. The fourth-order valence-electron chi connectivity index (χ4n) is 3.10. The second-order valence-electron chi connectivity index (χ2n) is 6.27. The van der Waals surface area contributed by atoms with Gasteiger partial charge in [-0.05, 0) is 54.6 Å². The summed E-state index contributed by atoms with van der Waals surface area (Å²) in [6, 6.07) is 18.3. The van der Waals surface area contributed by atoms with Crippen LogP contribution in [0.1, 0.15) is 11.1 Å². The standard InChI is InChI=1S/C23H16N4O2/c1-29-21-8-6-20(7-9-21)27-22-16(4-3-11-26-22)12-18(23(27)28)13-19(14-24)17-5-2-10-25-15-17/h2-13,15H,1H3. The van der Waals surface area contributed by atoms with Gasteiger partial charge in [0.2, 0.25) is 0 Å². The van der Waals surface area contributed by atoms with Crippen LogP contribution < -0.4 is 10.3 Å². The zero-order valence-corrected chi connectivity index (χ0v) is 15.6. The molecule has 4 rings (SSSR count). The summed E-state index contributed by atoms with van der Waals surface area (Å²) >= 11 is 0. The first-order chi connectivity index (χ1) is 14.2. The lowest BCUT2D eigenvalue weighted by molar-refractivity contribution is 0.414. The van der Waals surface area contributed by atoms with Gasteiger partial charge < -0.3 is 4.74 Å². The zero-order chi connectivity index (χ0) is 20.2. The number of aromatic nitrogens is 3. The van der Waals surface area contributed by atoms with Crippen LogP contribution in [0.4, 0.5) is 0 Å². The Labute approximate surface area is 167 Å². The number of hydrogen-bond donors (Lipinski definition) is 0. The maximum Gasteiger partial charge on any atom is 0.264 e. The molecule has 3 heterocycles. The van der Waals surface area contributed by atoms with Crippen LogP contribution in [0.25, 0.3) is 28.4 Å². The number of hydrogen-bond acceptors (Lipinski definition) is 5. The van der Waals surface area contributed by atoms with Gasteiger partial charge in [-0.2, -0.15) is 5.26 Å².